The molecule has 0 radical (unpaired) electrons. The normalized spacial score (nSPS) is 26.9. The van der Waals surface area contributed by atoms with Crippen LogP contribution in [-0.2, 0) is 6.61 Å². The van der Waals surface area contributed by atoms with Crippen molar-refractivity contribution in [2.45, 2.75) is 44.8 Å². The molecule has 3 aliphatic rings. The summed E-state index contributed by atoms with van der Waals surface area (Å²) < 4.78 is 6.02. The summed E-state index contributed by atoms with van der Waals surface area (Å²) in [6.07, 6.45) is 3.82. The van der Waals surface area contributed by atoms with E-state index in [4.69, 9.17) is 4.74 Å². The second-order valence-electron chi connectivity index (χ2n) is 9.98. The molecule has 2 aliphatic carbocycles. The average Bonchev–Trinajstić information content (AvgIpc) is 3.46. The SMILES string of the molecule is Cc1ccc(COc2ccc([C@@H]3Nc4c(C(=O)O)cccc4[C@H]4[C@H]5CC[C@@H](C5)[C@H]43)cc2)cc1. The molecular formula is C29H29NO3. The van der Waals surface area contributed by atoms with Gasteiger partial charge in [0.2, 0.25) is 0 Å². The van der Waals surface area contributed by atoms with Crippen molar-refractivity contribution in [1.82, 2.24) is 0 Å². The van der Waals surface area contributed by atoms with E-state index in [0.29, 0.717) is 35.8 Å². The van der Waals surface area contributed by atoms with Gasteiger partial charge in [0.15, 0.2) is 0 Å². The third kappa shape index (κ3) is 3.49. The van der Waals surface area contributed by atoms with Crippen LogP contribution in [-0.4, -0.2) is 11.1 Å². The molecule has 3 aromatic carbocycles. The maximum Gasteiger partial charge on any atom is 0.337 e. The summed E-state index contributed by atoms with van der Waals surface area (Å²) in [5, 5.41) is 13.5. The van der Waals surface area contributed by atoms with Crippen LogP contribution in [0.1, 0.15) is 63.8 Å². The van der Waals surface area contributed by atoms with Gasteiger partial charge in [-0.05, 0) is 84.7 Å². The van der Waals surface area contributed by atoms with Crippen molar-refractivity contribution in [1.29, 1.82) is 0 Å². The predicted molar refractivity (Wildman–Crippen MR) is 129 cm³/mol. The maximum atomic E-state index is 12.0. The maximum absolute atomic E-state index is 12.0. The summed E-state index contributed by atoms with van der Waals surface area (Å²) in [6, 6.07) is 22.7. The third-order valence-electron chi connectivity index (χ3n) is 8.12. The van der Waals surface area contributed by atoms with E-state index in [2.05, 4.69) is 54.7 Å². The molecule has 3 aromatic rings. The van der Waals surface area contributed by atoms with E-state index < -0.39 is 5.97 Å². The number of ether oxygens (including phenoxy) is 1. The van der Waals surface area contributed by atoms with Crippen molar-refractivity contribution >= 4 is 11.7 Å². The van der Waals surface area contributed by atoms with Crippen LogP contribution < -0.4 is 10.1 Å². The quantitative estimate of drug-likeness (QED) is 0.472. The molecule has 0 amide bonds. The van der Waals surface area contributed by atoms with Crippen molar-refractivity contribution < 1.29 is 14.6 Å². The standard InChI is InChI=1S/C29H29NO3/c1-17-5-7-18(8-6-17)16-33-22-13-11-19(12-14-22)27-26-21-10-9-20(15-21)25(26)23-3-2-4-24(29(31)32)28(23)30-27/h2-8,11-14,20-21,25-27,30H,9-10,15-16H2,1H3,(H,31,32)/t20-,21-,25+,26+,27-/m0/s1. The number of hydrogen-bond donors (Lipinski definition) is 2. The molecule has 6 rings (SSSR count). The van der Waals surface area contributed by atoms with Crippen LogP contribution in [0.25, 0.3) is 0 Å². The number of carboxylic acid groups (broad SMARTS) is 1. The van der Waals surface area contributed by atoms with Gasteiger partial charge in [-0.15, -0.1) is 0 Å². The Kier molecular flexibility index (Phi) is 4.90. The molecular weight excluding hydrogens is 410 g/mol. The summed E-state index contributed by atoms with van der Waals surface area (Å²) in [7, 11) is 0. The van der Waals surface area contributed by atoms with Gasteiger partial charge in [-0.2, -0.15) is 0 Å². The Morgan fingerprint density at radius 1 is 1.00 bits per heavy atom. The number of anilines is 1. The fourth-order valence-corrected chi connectivity index (χ4v) is 6.64. The topological polar surface area (TPSA) is 58.6 Å². The Morgan fingerprint density at radius 2 is 1.76 bits per heavy atom. The van der Waals surface area contributed by atoms with Crippen molar-refractivity contribution in [3.05, 3.63) is 94.5 Å². The Balaban J connectivity index is 1.28. The molecule has 0 unspecified atom stereocenters. The molecule has 0 saturated heterocycles. The highest BCUT2D eigenvalue weighted by molar-refractivity contribution is 5.95. The van der Waals surface area contributed by atoms with Crippen molar-refractivity contribution in [3.63, 3.8) is 0 Å². The molecule has 4 nitrogen and oxygen atoms in total. The van der Waals surface area contributed by atoms with E-state index in [-0.39, 0.29) is 6.04 Å². The zero-order chi connectivity index (χ0) is 22.5. The monoisotopic (exact) mass is 439 g/mol. The van der Waals surface area contributed by atoms with Gasteiger partial charge in [-0.3, -0.25) is 0 Å². The summed E-state index contributed by atoms with van der Waals surface area (Å²) in [5.74, 6) is 2.33. The van der Waals surface area contributed by atoms with E-state index in [0.717, 1.165) is 17.0 Å². The predicted octanol–water partition coefficient (Wildman–Crippen LogP) is 6.57. The second kappa shape index (κ2) is 7.95. The van der Waals surface area contributed by atoms with Crippen LogP contribution in [0.3, 0.4) is 0 Å². The van der Waals surface area contributed by atoms with Gasteiger partial charge in [0.1, 0.15) is 12.4 Å². The first-order valence-electron chi connectivity index (χ1n) is 12.0. The highest BCUT2D eigenvalue weighted by Gasteiger charge is 2.54. The van der Waals surface area contributed by atoms with Gasteiger partial charge in [-0.1, -0.05) is 54.1 Å². The van der Waals surface area contributed by atoms with Crippen LogP contribution >= 0.6 is 0 Å². The Bertz CT molecular complexity index is 1180. The van der Waals surface area contributed by atoms with Gasteiger partial charge in [0.05, 0.1) is 17.3 Å². The Labute approximate surface area is 194 Å². The van der Waals surface area contributed by atoms with Crippen LogP contribution in [0.4, 0.5) is 5.69 Å². The molecule has 2 N–H and O–H groups in total. The Hall–Kier alpha value is -3.27. The van der Waals surface area contributed by atoms with Gasteiger partial charge < -0.3 is 15.2 Å². The number of benzene rings is 3. The molecule has 4 heteroatoms. The van der Waals surface area contributed by atoms with E-state index >= 15 is 0 Å². The molecule has 0 spiro atoms. The fraction of sp³-hybridized carbons (Fsp3) is 0.345. The molecule has 168 valence electrons. The molecule has 1 heterocycles. The number of aryl methyl sites for hydroxylation is 1. The van der Waals surface area contributed by atoms with Crippen molar-refractivity contribution in [3.8, 4) is 5.75 Å². The number of para-hydroxylation sites is 1. The smallest absolute Gasteiger partial charge is 0.337 e. The first-order valence-corrected chi connectivity index (χ1v) is 12.0. The van der Waals surface area contributed by atoms with Gasteiger partial charge >= 0.3 is 5.97 Å². The molecule has 33 heavy (non-hydrogen) atoms. The molecule has 5 atom stereocenters. The molecule has 2 bridgehead atoms. The van der Waals surface area contributed by atoms with Crippen LogP contribution in [0.2, 0.25) is 0 Å². The lowest BCUT2D eigenvalue weighted by Crippen LogP contribution is -2.36. The molecule has 2 fully saturated rings. The van der Waals surface area contributed by atoms with E-state index in [1.807, 2.05) is 18.2 Å². The highest BCUT2D eigenvalue weighted by atomic mass is 16.5. The fourth-order valence-electron chi connectivity index (χ4n) is 6.64. The number of rotatable bonds is 5. The Morgan fingerprint density at radius 3 is 2.52 bits per heavy atom. The van der Waals surface area contributed by atoms with Crippen LogP contribution in [0.5, 0.6) is 5.75 Å². The van der Waals surface area contributed by atoms with Crippen LogP contribution in [0, 0.1) is 24.7 Å². The van der Waals surface area contributed by atoms with E-state index in [1.165, 1.54) is 36.0 Å². The number of carboxylic acids is 1. The second-order valence-corrected chi connectivity index (χ2v) is 9.98. The number of carbonyl (C=O) groups is 1. The lowest BCUT2D eigenvalue weighted by atomic mass is 9.67. The minimum atomic E-state index is -0.862. The number of fused-ring (bicyclic) bond motifs is 7. The van der Waals surface area contributed by atoms with Gasteiger partial charge in [0.25, 0.3) is 0 Å². The lowest BCUT2D eigenvalue weighted by Gasteiger charge is -2.44. The molecule has 1 aliphatic heterocycles. The zero-order valence-corrected chi connectivity index (χ0v) is 18.8. The lowest BCUT2D eigenvalue weighted by molar-refractivity contribution is 0.0697. The largest absolute Gasteiger partial charge is 0.489 e. The summed E-state index contributed by atoms with van der Waals surface area (Å²) >= 11 is 0. The van der Waals surface area contributed by atoms with E-state index in [1.54, 1.807) is 6.07 Å². The minimum absolute atomic E-state index is 0.129. The minimum Gasteiger partial charge on any atom is -0.489 e. The van der Waals surface area contributed by atoms with Gasteiger partial charge in [-0.25, -0.2) is 4.79 Å². The zero-order valence-electron chi connectivity index (χ0n) is 18.8. The molecule has 2 saturated carbocycles. The van der Waals surface area contributed by atoms with E-state index in [9.17, 15) is 9.90 Å². The summed E-state index contributed by atoms with van der Waals surface area (Å²) in [4.78, 5) is 12.0. The first-order chi connectivity index (χ1) is 16.1. The van der Waals surface area contributed by atoms with Crippen molar-refractivity contribution in [2.24, 2.45) is 17.8 Å². The van der Waals surface area contributed by atoms with Gasteiger partial charge in [0, 0.05) is 0 Å². The van der Waals surface area contributed by atoms with Crippen molar-refractivity contribution in [2.75, 3.05) is 5.32 Å². The first kappa shape index (κ1) is 20.3. The average molecular weight is 440 g/mol. The summed E-state index contributed by atoms with van der Waals surface area (Å²) in [5.41, 5.74) is 6.03. The molecule has 0 aromatic heterocycles. The summed E-state index contributed by atoms with van der Waals surface area (Å²) in [6.45, 7) is 2.63. The number of hydrogen-bond acceptors (Lipinski definition) is 3. The van der Waals surface area contributed by atoms with Crippen LogP contribution in [0.15, 0.2) is 66.7 Å². The third-order valence-corrected chi connectivity index (χ3v) is 8.12. The number of aromatic carboxylic acids is 1. The number of nitrogens with one attached hydrogen (secondary N) is 1. The highest BCUT2D eigenvalue weighted by Crippen LogP contribution is 2.64.